The SMILES string of the molecule is COc1cccc(C(CNS(=O)(=O)c2ccccc2OC(F)(F)F)OC)c1. The van der Waals surface area contributed by atoms with E-state index in [2.05, 4.69) is 9.46 Å². The van der Waals surface area contributed by atoms with E-state index in [1.165, 1.54) is 26.4 Å². The van der Waals surface area contributed by atoms with E-state index in [1.807, 2.05) is 0 Å². The molecule has 2 rings (SSSR count). The number of alkyl halides is 3. The number of methoxy groups -OCH3 is 2. The molecule has 0 heterocycles. The zero-order valence-corrected chi connectivity index (χ0v) is 15.3. The molecule has 27 heavy (non-hydrogen) atoms. The number of benzene rings is 2. The minimum Gasteiger partial charge on any atom is -0.497 e. The summed E-state index contributed by atoms with van der Waals surface area (Å²) in [7, 11) is -1.40. The Kier molecular flexibility index (Phi) is 6.68. The van der Waals surface area contributed by atoms with Crippen LogP contribution in [0.2, 0.25) is 0 Å². The Balaban J connectivity index is 2.21. The van der Waals surface area contributed by atoms with Crippen LogP contribution in [-0.2, 0) is 14.8 Å². The lowest BCUT2D eigenvalue weighted by Crippen LogP contribution is -2.30. The molecule has 2 aromatic rings. The van der Waals surface area contributed by atoms with Gasteiger partial charge in [0.05, 0.1) is 13.2 Å². The number of hydrogen-bond donors (Lipinski definition) is 1. The summed E-state index contributed by atoms with van der Waals surface area (Å²) in [6.45, 7) is -0.202. The monoisotopic (exact) mass is 405 g/mol. The van der Waals surface area contributed by atoms with E-state index >= 15 is 0 Å². The molecular weight excluding hydrogens is 387 g/mol. The molecule has 0 fully saturated rings. The van der Waals surface area contributed by atoms with E-state index in [-0.39, 0.29) is 6.54 Å². The van der Waals surface area contributed by atoms with E-state index in [0.717, 1.165) is 12.1 Å². The summed E-state index contributed by atoms with van der Waals surface area (Å²) < 4.78 is 78.9. The van der Waals surface area contributed by atoms with Crippen molar-refractivity contribution in [3.8, 4) is 11.5 Å². The number of nitrogens with one attached hydrogen (secondary N) is 1. The van der Waals surface area contributed by atoms with Crippen LogP contribution < -0.4 is 14.2 Å². The number of halogens is 3. The molecule has 1 atom stereocenters. The standard InChI is InChI=1S/C17H18F3NO5S/c1-24-13-7-5-6-12(10-13)15(25-2)11-21-27(22,23)16-9-4-3-8-14(16)26-17(18,19)20/h3-10,15,21H,11H2,1-2H3. The number of sulfonamides is 1. The Bertz CT molecular complexity index is 871. The largest absolute Gasteiger partial charge is 0.573 e. The van der Waals surface area contributed by atoms with Crippen molar-refractivity contribution in [2.45, 2.75) is 17.4 Å². The lowest BCUT2D eigenvalue weighted by atomic mass is 10.1. The highest BCUT2D eigenvalue weighted by Crippen LogP contribution is 2.29. The maximum atomic E-state index is 12.5. The van der Waals surface area contributed by atoms with E-state index in [9.17, 15) is 21.6 Å². The predicted octanol–water partition coefficient (Wildman–Crippen LogP) is 3.26. The smallest absolute Gasteiger partial charge is 0.497 e. The van der Waals surface area contributed by atoms with Gasteiger partial charge in [-0.05, 0) is 29.8 Å². The molecule has 0 bridgehead atoms. The van der Waals surface area contributed by atoms with Crippen LogP contribution in [0.4, 0.5) is 13.2 Å². The van der Waals surface area contributed by atoms with Crippen LogP contribution in [0.5, 0.6) is 11.5 Å². The third-order valence-corrected chi connectivity index (χ3v) is 5.04. The zero-order valence-electron chi connectivity index (χ0n) is 14.5. The van der Waals surface area contributed by atoms with Gasteiger partial charge in [0.25, 0.3) is 0 Å². The number of para-hydroxylation sites is 1. The molecule has 0 saturated heterocycles. The molecule has 0 aliphatic heterocycles. The van der Waals surface area contributed by atoms with Crippen molar-refractivity contribution in [1.82, 2.24) is 4.72 Å². The second-order valence-corrected chi connectivity index (χ2v) is 7.08. The van der Waals surface area contributed by atoms with Crippen LogP contribution in [0.25, 0.3) is 0 Å². The molecule has 10 heteroatoms. The first kappa shape index (κ1) is 21.0. The van der Waals surface area contributed by atoms with Gasteiger partial charge in [0.15, 0.2) is 0 Å². The van der Waals surface area contributed by atoms with E-state index < -0.39 is 33.1 Å². The maximum Gasteiger partial charge on any atom is 0.573 e. The van der Waals surface area contributed by atoms with Gasteiger partial charge in [-0.15, -0.1) is 13.2 Å². The molecule has 0 spiro atoms. The molecule has 0 aliphatic rings. The van der Waals surface area contributed by atoms with Crippen molar-refractivity contribution >= 4 is 10.0 Å². The van der Waals surface area contributed by atoms with Crippen molar-refractivity contribution in [2.24, 2.45) is 0 Å². The Labute approximate surface area is 154 Å². The summed E-state index contributed by atoms with van der Waals surface area (Å²) >= 11 is 0. The molecule has 0 saturated carbocycles. The third-order valence-electron chi connectivity index (χ3n) is 3.57. The Morgan fingerprint density at radius 3 is 2.41 bits per heavy atom. The minimum atomic E-state index is -5.01. The van der Waals surface area contributed by atoms with Gasteiger partial charge in [-0.25, -0.2) is 13.1 Å². The second-order valence-electron chi connectivity index (χ2n) is 5.35. The van der Waals surface area contributed by atoms with Crippen molar-refractivity contribution in [3.63, 3.8) is 0 Å². The van der Waals surface area contributed by atoms with Crippen LogP contribution in [0.15, 0.2) is 53.4 Å². The van der Waals surface area contributed by atoms with Crippen LogP contribution in [0.1, 0.15) is 11.7 Å². The molecule has 1 unspecified atom stereocenters. The molecule has 0 aromatic heterocycles. The summed E-state index contributed by atoms with van der Waals surface area (Å²) in [6, 6.07) is 11.3. The molecule has 0 amide bonds. The van der Waals surface area contributed by atoms with Crippen molar-refractivity contribution in [1.29, 1.82) is 0 Å². The fraction of sp³-hybridized carbons (Fsp3) is 0.294. The summed E-state index contributed by atoms with van der Waals surface area (Å²) in [5, 5.41) is 0. The molecule has 6 nitrogen and oxygen atoms in total. The van der Waals surface area contributed by atoms with Crippen molar-refractivity contribution in [3.05, 3.63) is 54.1 Å². The fourth-order valence-electron chi connectivity index (χ4n) is 2.32. The number of hydrogen-bond acceptors (Lipinski definition) is 5. The second kappa shape index (κ2) is 8.59. The Hall–Kier alpha value is -2.30. The highest BCUT2D eigenvalue weighted by molar-refractivity contribution is 7.89. The quantitative estimate of drug-likeness (QED) is 0.730. The van der Waals surface area contributed by atoms with Gasteiger partial charge < -0.3 is 14.2 Å². The molecular formula is C17H18F3NO5S. The van der Waals surface area contributed by atoms with Crippen molar-refractivity contribution < 1.29 is 35.8 Å². The van der Waals surface area contributed by atoms with E-state index in [4.69, 9.17) is 9.47 Å². The van der Waals surface area contributed by atoms with E-state index in [1.54, 1.807) is 24.3 Å². The van der Waals surface area contributed by atoms with Crippen LogP contribution in [0.3, 0.4) is 0 Å². The Morgan fingerprint density at radius 2 is 1.78 bits per heavy atom. The first-order valence-corrected chi connectivity index (χ1v) is 9.16. The van der Waals surface area contributed by atoms with E-state index in [0.29, 0.717) is 11.3 Å². The topological polar surface area (TPSA) is 73.9 Å². The number of ether oxygens (including phenoxy) is 3. The number of rotatable bonds is 8. The van der Waals surface area contributed by atoms with Gasteiger partial charge >= 0.3 is 6.36 Å². The molecule has 148 valence electrons. The van der Waals surface area contributed by atoms with Gasteiger partial charge in [-0.1, -0.05) is 24.3 Å². The first-order valence-electron chi connectivity index (χ1n) is 7.67. The van der Waals surface area contributed by atoms with Gasteiger partial charge in [-0.2, -0.15) is 0 Å². The highest BCUT2D eigenvalue weighted by atomic mass is 32.2. The summed E-state index contributed by atoms with van der Waals surface area (Å²) in [6.07, 6.45) is -5.69. The lowest BCUT2D eigenvalue weighted by Gasteiger charge is -2.18. The zero-order chi connectivity index (χ0) is 20.1. The summed E-state index contributed by atoms with van der Waals surface area (Å²) in [5.41, 5.74) is 0.638. The van der Waals surface area contributed by atoms with Crippen LogP contribution >= 0.6 is 0 Å². The summed E-state index contributed by atoms with van der Waals surface area (Å²) in [4.78, 5) is -0.622. The van der Waals surface area contributed by atoms with Gasteiger partial charge in [0.1, 0.15) is 16.4 Å². The average molecular weight is 405 g/mol. The Morgan fingerprint density at radius 1 is 1.07 bits per heavy atom. The molecule has 0 radical (unpaired) electrons. The molecule has 1 N–H and O–H groups in total. The van der Waals surface area contributed by atoms with Crippen LogP contribution in [0, 0.1) is 0 Å². The normalized spacial score (nSPS) is 13.2. The first-order chi connectivity index (χ1) is 12.7. The van der Waals surface area contributed by atoms with Gasteiger partial charge in [0, 0.05) is 13.7 Å². The van der Waals surface area contributed by atoms with Gasteiger partial charge in [0.2, 0.25) is 10.0 Å². The predicted molar refractivity (Wildman–Crippen MR) is 91.1 cm³/mol. The van der Waals surface area contributed by atoms with Crippen LogP contribution in [-0.4, -0.2) is 35.5 Å². The third kappa shape index (κ3) is 5.84. The maximum absolute atomic E-state index is 12.5. The fourth-order valence-corrected chi connectivity index (χ4v) is 3.48. The van der Waals surface area contributed by atoms with Crippen molar-refractivity contribution in [2.75, 3.05) is 20.8 Å². The molecule has 2 aromatic carbocycles. The van der Waals surface area contributed by atoms with Gasteiger partial charge in [-0.3, -0.25) is 0 Å². The average Bonchev–Trinajstić information content (AvgIpc) is 2.61. The minimum absolute atomic E-state index is 0.202. The molecule has 0 aliphatic carbocycles. The summed E-state index contributed by atoms with van der Waals surface area (Å²) in [5.74, 6) is -0.255. The highest BCUT2D eigenvalue weighted by Gasteiger charge is 2.34. The lowest BCUT2D eigenvalue weighted by molar-refractivity contribution is -0.275.